The van der Waals surface area contributed by atoms with Crippen molar-refractivity contribution in [3.63, 3.8) is 0 Å². The Morgan fingerprint density at radius 3 is 1.35 bits per heavy atom. The number of rotatable bonds is 22. The fourth-order valence-corrected chi connectivity index (χ4v) is 4.49. The lowest BCUT2D eigenvalue weighted by atomic mass is 9.95. The summed E-state index contributed by atoms with van der Waals surface area (Å²) in [4.78, 5) is 23.8. The van der Waals surface area contributed by atoms with Crippen LogP contribution in [0, 0.1) is 11.8 Å². The van der Waals surface area contributed by atoms with Crippen molar-refractivity contribution >= 4 is 11.9 Å². The molecule has 0 amide bonds. The highest BCUT2D eigenvalue weighted by Crippen LogP contribution is 2.22. The van der Waals surface area contributed by atoms with E-state index in [4.69, 9.17) is 0 Å². The van der Waals surface area contributed by atoms with Crippen LogP contribution in [0.25, 0.3) is 0 Å². The number of unbranched alkanes of at least 4 members (excludes halogenated alkanes) is 10. The Bertz CT molecular complexity index is 433. The van der Waals surface area contributed by atoms with Gasteiger partial charge in [-0.3, -0.25) is 9.59 Å². The summed E-state index contributed by atoms with van der Waals surface area (Å²) < 4.78 is 0.302. The van der Waals surface area contributed by atoms with Gasteiger partial charge in [0.2, 0.25) is 0 Å². The number of nitrogens with zero attached hydrogens (tertiary/aromatic N) is 1. The molecule has 0 saturated heterocycles. The Morgan fingerprint density at radius 2 is 1.03 bits per heavy atom. The average Bonchev–Trinajstić information content (AvgIpc) is 2.71. The molecule has 0 saturated carbocycles. The van der Waals surface area contributed by atoms with Gasteiger partial charge in [-0.1, -0.05) is 90.9 Å². The molecule has 2 unspecified atom stereocenters. The van der Waals surface area contributed by atoms with E-state index in [-0.39, 0.29) is 6.61 Å². The van der Waals surface area contributed by atoms with Crippen molar-refractivity contribution in [2.75, 3.05) is 33.3 Å². The molecule has 31 heavy (non-hydrogen) atoms. The van der Waals surface area contributed by atoms with Crippen molar-refractivity contribution < 1.29 is 29.4 Å². The Kier molecular flexibility index (Phi) is 17.8. The largest absolute Gasteiger partial charge is 0.481 e. The molecule has 0 aliphatic rings. The van der Waals surface area contributed by atoms with Crippen molar-refractivity contribution in [2.45, 2.75) is 104 Å². The van der Waals surface area contributed by atoms with Crippen LogP contribution in [-0.4, -0.2) is 65.0 Å². The second-order valence-electron chi connectivity index (χ2n) is 9.62. The maximum absolute atomic E-state index is 11.9. The highest BCUT2D eigenvalue weighted by molar-refractivity contribution is 5.70. The van der Waals surface area contributed by atoms with Crippen LogP contribution >= 0.6 is 0 Å². The number of aliphatic hydroxyl groups is 1. The van der Waals surface area contributed by atoms with E-state index in [2.05, 4.69) is 13.8 Å². The standard InChI is InChI=1S/C25H49NO5/c1-4-6-8-10-12-14-16-22(24(28)29)20-26(3,18-19-27)21-23(25(30)31)17-15-13-11-9-7-5-2/h22-23,27H,4-21H2,1-3H3,(H-,28,29,30,31)/p+1. The van der Waals surface area contributed by atoms with Crippen LogP contribution < -0.4 is 0 Å². The molecule has 0 bridgehead atoms. The third-order valence-corrected chi connectivity index (χ3v) is 6.47. The molecule has 3 N–H and O–H groups in total. The maximum Gasteiger partial charge on any atom is 0.312 e. The first-order chi connectivity index (χ1) is 14.8. The molecule has 184 valence electrons. The van der Waals surface area contributed by atoms with Crippen LogP contribution in [0.3, 0.4) is 0 Å². The fraction of sp³-hybridized carbons (Fsp3) is 0.920. The van der Waals surface area contributed by atoms with E-state index in [1.54, 1.807) is 0 Å². The molecule has 0 heterocycles. The maximum atomic E-state index is 11.9. The van der Waals surface area contributed by atoms with Gasteiger partial charge in [-0.15, -0.1) is 0 Å². The van der Waals surface area contributed by atoms with Crippen molar-refractivity contribution in [1.82, 2.24) is 0 Å². The van der Waals surface area contributed by atoms with Gasteiger partial charge in [0.15, 0.2) is 0 Å². The van der Waals surface area contributed by atoms with Crippen molar-refractivity contribution in [1.29, 1.82) is 0 Å². The Morgan fingerprint density at radius 1 is 0.677 bits per heavy atom. The lowest BCUT2D eigenvalue weighted by molar-refractivity contribution is -0.914. The molecular formula is C25H50NO5+. The first-order valence-electron chi connectivity index (χ1n) is 12.7. The summed E-state index contributed by atoms with van der Waals surface area (Å²) >= 11 is 0. The minimum atomic E-state index is -0.807. The van der Waals surface area contributed by atoms with Crippen LogP contribution in [0.5, 0.6) is 0 Å². The molecule has 6 nitrogen and oxygen atoms in total. The van der Waals surface area contributed by atoms with E-state index < -0.39 is 23.8 Å². The summed E-state index contributed by atoms with van der Waals surface area (Å²) in [7, 11) is 1.91. The SMILES string of the molecule is CCCCCCCCC(C[N+](C)(CCO)CC(CCCCCCCC)C(=O)O)C(=O)O. The van der Waals surface area contributed by atoms with E-state index in [9.17, 15) is 24.9 Å². The van der Waals surface area contributed by atoms with Gasteiger partial charge in [0.1, 0.15) is 18.4 Å². The van der Waals surface area contributed by atoms with Gasteiger partial charge in [0, 0.05) is 0 Å². The van der Waals surface area contributed by atoms with E-state index in [1.807, 2.05) is 7.05 Å². The van der Waals surface area contributed by atoms with Gasteiger partial charge in [0.25, 0.3) is 0 Å². The molecule has 0 rings (SSSR count). The number of carbonyl (C=O) groups is 2. The quantitative estimate of drug-likeness (QED) is 0.155. The topological polar surface area (TPSA) is 94.8 Å². The van der Waals surface area contributed by atoms with E-state index in [0.29, 0.717) is 37.0 Å². The van der Waals surface area contributed by atoms with Crippen molar-refractivity contribution in [2.24, 2.45) is 11.8 Å². The zero-order valence-electron chi connectivity index (χ0n) is 20.5. The molecule has 0 aromatic heterocycles. The van der Waals surface area contributed by atoms with Crippen LogP contribution in [0.15, 0.2) is 0 Å². The molecule has 6 heteroatoms. The second kappa shape index (κ2) is 18.4. The normalized spacial score (nSPS) is 15.4. The molecular weight excluding hydrogens is 394 g/mol. The predicted octanol–water partition coefficient (Wildman–Crippen LogP) is 5.33. The van der Waals surface area contributed by atoms with Gasteiger partial charge in [-0.25, -0.2) is 0 Å². The average molecular weight is 445 g/mol. The Labute approximate surface area is 190 Å². The van der Waals surface area contributed by atoms with Gasteiger partial charge in [-0.05, 0) is 12.8 Å². The minimum absolute atomic E-state index is 0.0663. The van der Waals surface area contributed by atoms with Gasteiger partial charge in [-0.2, -0.15) is 0 Å². The molecule has 2 atom stereocenters. The minimum Gasteiger partial charge on any atom is -0.481 e. The van der Waals surface area contributed by atoms with Gasteiger partial charge in [0.05, 0.1) is 26.7 Å². The number of hydrogen-bond acceptors (Lipinski definition) is 3. The van der Waals surface area contributed by atoms with Crippen molar-refractivity contribution in [3.05, 3.63) is 0 Å². The highest BCUT2D eigenvalue weighted by Gasteiger charge is 2.34. The Hall–Kier alpha value is -1.14. The van der Waals surface area contributed by atoms with Crippen LogP contribution in [-0.2, 0) is 9.59 Å². The lowest BCUT2D eigenvalue weighted by Crippen LogP contribution is -2.53. The number of hydrogen-bond donors (Lipinski definition) is 3. The monoisotopic (exact) mass is 444 g/mol. The summed E-state index contributed by atoms with van der Waals surface area (Å²) in [5, 5.41) is 29.1. The number of quaternary nitrogens is 1. The zero-order valence-corrected chi connectivity index (χ0v) is 20.5. The molecule has 0 aliphatic carbocycles. The predicted molar refractivity (Wildman–Crippen MR) is 126 cm³/mol. The third-order valence-electron chi connectivity index (χ3n) is 6.47. The van der Waals surface area contributed by atoms with Crippen LogP contribution in [0.1, 0.15) is 104 Å². The Balaban J connectivity index is 4.79. The second-order valence-corrected chi connectivity index (χ2v) is 9.62. The lowest BCUT2D eigenvalue weighted by Gasteiger charge is -2.38. The first kappa shape index (κ1) is 29.9. The molecule has 0 fully saturated rings. The molecule has 0 radical (unpaired) electrons. The third kappa shape index (κ3) is 15.3. The molecule has 0 aromatic rings. The highest BCUT2D eigenvalue weighted by atomic mass is 16.4. The fourth-order valence-electron chi connectivity index (χ4n) is 4.49. The number of carboxylic acid groups (broad SMARTS) is 2. The van der Waals surface area contributed by atoms with Crippen LogP contribution in [0.2, 0.25) is 0 Å². The van der Waals surface area contributed by atoms with Gasteiger partial charge < -0.3 is 19.8 Å². The van der Waals surface area contributed by atoms with E-state index in [0.717, 1.165) is 38.5 Å². The summed E-state index contributed by atoms with van der Waals surface area (Å²) in [5.41, 5.74) is 0. The van der Waals surface area contributed by atoms with Crippen LogP contribution in [0.4, 0.5) is 0 Å². The van der Waals surface area contributed by atoms with E-state index in [1.165, 1.54) is 38.5 Å². The number of aliphatic carboxylic acids is 2. The molecule has 0 spiro atoms. The summed E-state index contributed by atoms with van der Waals surface area (Å²) in [5.74, 6) is -2.60. The summed E-state index contributed by atoms with van der Waals surface area (Å²) in [6, 6.07) is 0. The first-order valence-corrected chi connectivity index (χ1v) is 12.7. The number of aliphatic hydroxyl groups excluding tert-OH is 1. The molecule has 0 aromatic carbocycles. The smallest absolute Gasteiger partial charge is 0.312 e. The molecule has 0 aliphatic heterocycles. The van der Waals surface area contributed by atoms with Crippen molar-refractivity contribution in [3.8, 4) is 0 Å². The number of likely N-dealkylation sites (N-methyl/N-ethyl adjacent to an activating group) is 1. The number of carboxylic acids is 2. The van der Waals surface area contributed by atoms with E-state index >= 15 is 0 Å². The zero-order chi connectivity index (χ0) is 23.5. The van der Waals surface area contributed by atoms with Gasteiger partial charge >= 0.3 is 11.9 Å². The summed E-state index contributed by atoms with van der Waals surface area (Å²) in [6.45, 7) is 5.44. The summed E-state index contributed by atoms with van der Waals surface area (Å²) in [6.07, 6.45) is 14.6.